The second kappa shape index (κ2) is 14.1. The van der Waals surface area contributed by atoms with E-state index >= 15 is 0 Å². The lowest BCUT2D eigenvalue weighted by Gasteiger charge is -2.32. The van der Waals surface area contributed by atoms with Gasteiger partial charge in [-0.25, -0.2) is 8.42 Å². The first kappa shape index (κ1) is 31.5. The van der Waals surface area contributed by atoms with E-state index in [0.717, 1.165) is 37.5 Å². The van der Waals surface area contributed by atoms with Crippen LogP contribution >= 0.6 is 34.8 Å². The summed E-state index contributed by atoms with van der Waals surface area (Å²) in [5.41, 5.74) is 1.87. The summed E-state index contributed by atoms with van der Waals surface area (Å²) in [4.78, 5) is 28.5. The van der Waals surface area contributed by atoms with Crippen LogP contribution in [0.4, 0.5) is 5.69 Å². The SMILES string of the molecule is CC[C@H](C(=O)NC1CCCC1)N(Cc1ccc(Cl)c(Cl)c1)C(=O)CCCN(c1cccc(Cl)c1C)S(C)(=O)=O. The van der Waals surface area contributed by atoms with E-state index in [1.807, 2.05) is 6.92 Å². The highest BCUT2D eigenvalue weighted by molar-refractivity contribution is 7.92. The molecule has 0 saturated heterocycles. The molecule has 1 N–H and O–H groups in total. The van der Waals surface area contributed by atoms with Gasteiger partial charge in [-0.3, -0.25) is 13.9 Å². The molecule has 1 atom stereocenters. The van der Waals surface area contributed by atoms with E-state index in [9.17, 15) is 18.0 Å². The Kier molecular flexibility index (Phi) is 11.4. The minimum Gasteiger partial charge on any atom is -0.352 e. The molecule has 0 heterocycles. The molecule has 7 nitrogen and oxygen atoms in total. The van der Waals surface area contributed by atoms with Gasteiger partial charge in [0, 0.05) is 30.6 Å². The van der Waals surface area contributed by atoms with Gasteiger partial charge in [-0.2, -0.15) is 0 Å². The Labute approximate surface area is 246 Å². The van der Waals surface area contributed by atoms with Crippen LogP contribution in [-0.2, 0) is 26.2 Å². The van der Waals surface area contributed by atoms with Crippen LogP contribution in [0.15, 0.2) is 36.4 Å². The van der Waals surface area contributed by atoms with Gasteiger partial charge in [0.2, 0.25) is 21.8 Å². The van der Waals surface area contributed by atoms with Crippen molar-refractivity contribution >= 4 is 62.3 Å². The summed E-state index contributed by atoms with van der Waals surface area (Å²) < 4.78 is 26.5. The third-order valence-corrected chi connectivity index (χ3v) is 9.41. The lowest BCUT2D eigenvalue weighted by atomic mass is 10.1. The smallest absolute Gasteiger partial charge is 0.243 e. The summed E-state index contributed by atoms with van der Waals surface area (Å²) in [6.07, 6.45) is 5.92. The highest BCUT2D eigenvalue weighted by Crippen LogP contribution is 2.29. The van der Waals surface area contributed by atoms with E-state index in [0.29, 0.717) is 32.7 Å². The maximum atomic E-state index is 13.6. The Morgan fingerprint density at radius 3 is 2.36 bits per heavy atom. The zero-order valence-electron chi connectivity index (χ0n) is 22.6. The minimum absolute atomic E-state index is 0.0557. The van der Waals surface area contributed by atoms with Crippen molar-refractivity contribution in [2.24, 2.45) is 0 Å². The fraction of sp³-hybridized carbons (Fsp3) is 0.500. The van der Waals surface area contributed by atoms with Crippen LogP contribution in [0.1, 0.15) is 63.0 Å². The molecule has 214 valence electrons. The summed E-state index contributed by atoms with van der Waals surface area (Å²) in [5.74, 6) is -0.420. The number of halogens is 3. The van der Waals surface area contributed by atoms with Gasteiger partial charge in [0.25, 0.3) is 0 Å². The first-order chi connectivity index (χ1) is 18.4. The molecule has 1 aliphatic carbocycles. The van der Waals surface area contributed by atoms with Gasteiger partial charge in [0.05, 0.1) is 22.0 Å². The lowest BCUT2D eigenvalue weighted by Crippen LogP contribution is -2.51. The number of nitrogens with one attached hydrogen (secondary N) is 1. The number of carbonyl (C=O) groups excluding carboxylic acids is 2. The largest absolute Gasteiger partial charge is 0.352 e. The third-order valence-electron chi connectivity index (χ3n) is 7.08. The highest BCUT2D eigenvalue weighted by Gasteiger charge is 2.31. The van der Waals surface area contributed by atoms with Crippen LogP contribution < -0.4 is 9.62 Å². The first-order valence-electron chi connectivity index (χ1n) is 13.2. The molecule has 39 heavy (non-hydrogen) atoms. The second-order valence-electron chi connectivity index (χ2n) is 10.0. The molecule has 1 aliphatic rings. The maximum Gasteiger partial charge on any atom is 0.243 e. The predicted molar refractivity (Wildman–Crippen MR) is 159 cm³/mol. The van der Waals surface area contributed by atoms with Crippen molar-refractivity contribution in [3.63, 3.8) is 0 Å². The average Bonchev–Trinajstić information content (AvgIpc) is 3.38. The lowest BCUT2D eigenvalue weighted by molar-refractivity contribution is -0.141. The Morgan fingerprint density at radius 2 is 1.74 bits per heavy atom. The summed E-state index contributed by atoms with van der Waals surface area (Å²) in [5, 5.41) is 4.35. The van der Waals surface area contributed by atoms with Crippen LogP contribution in [0.3, 0.4) is 0 Å². The van der Waals surface area contributed by atoms with Crippen molar-refractivity contribution in [2.45, 2.75) is 77.4 Å². The molecule has 0 aromatic heterocycles. The molecule has 3 rings (SSSR count). The molecule has 0 radical (unpaired) electrons. The molecule has 0 spiro atoms. The molecular weight excluding hydrogens is 581 g/mol. The quantitative estimate of drug-likeness (QED) is 0.300. The summed E-state index contributed by atoms with van der Waals surface area (Å²) in [6.45, 7) is 3.91. The number of hydrogen-bond acceptors (Lipinski definition) is 4. The predicted octanol–water partition coefficient (Wildman–Crippen LogP) is 6.37. The highest BCUT2D eigenvalue weighted by atomic mass is 35.5. The average molecular weight is 617 g/mol. The molecule has 0 unspecified atom stereocenters. The molecule has 2 aromatic carbocycles. The fourth-order valence-corrected chi connectivity index (χ4v) is 6.48. The summed E-state index contributed by atoms with van der Waals surface area (Å²) in [6, 6.07) is 9.68. The maximum absolute atomic E-state index is 13.6. The first-order valence-corrected chi connectivity index (χ1v) is 16.2. The Hall–Kier alpha value is -2.00. The summed E-state index contributed by atoms with van der Waals surface area (Å²) >= 11 is 18.5. The van der Waals surface area contributed by atoms with Gasteiger partial charge in [0.1, 0.15) is 6.04 Å². The van der Waals surface area contributed by atoms with Crippen LogP contribution in [0, 0.1) is 6.92 Å². The number of rotatable bonds is 12. The molecule has 2 amide bonds. The number of sulfonamides is 1. The number of benzene rings is 2. The van der Waals surface area contributed by atoms with E-state index in [-0.39, 0.29) is 43.8 Å². The van der Waals surface area contributed by atoms with Gasteiger partial charge >= 0.3 is 0 Å². The van der Waals surface area contributed by atoms with Crippen LogP contribution in [0.25, 0.3) is 0 Å². The Bertz CT molecular complexity index is 1280. The van der Waals surface area contributed by atoms with Gasteiger partial charge in [-0.05, 0) is 68.0 Å². The third kappa shape index (κ3) is 8.49. The zero-order valence-corrected chi connectivity index (χ0v) is 25.6. The van der Waals surface area contributed by atoms with Gasteiger partial charge in [-0.1, -0.05) is 66.7 Å². The Balaban J connectivity index is 1.80. The second-order valence-corrected chi connectivity index (χ2v) is 13.1. The van der Waals surface area contributed by atoms with Gasteiger partial charge < -0.3 is 10.2 Å². The van der Waals surface area contributed by atoms with Crippen molar-refractivity contribution in [3.05, 3.63) is 62.6 Å². The van der Waals surface area contributed by atoms with E-state index < -0.39 is 16.1 Å². The zero-order chi connectivity index (χ0) is 28.7. The molecule has 11 heteroatoms. The van der Waals surface area contributed by atoms with E-state index in [1.165, 1.54) is 4.31 Å². The monoisotopic (exact) mass is 615 g/mol. The van der Waals surface area contributed by atoms with Gasteiger partial charge in [0.15, 0.2) is 0 Å². The van der Waals surface area contributed by atoms with Crippen LogP contribution in [0.2, 0.25) is 15.1 Å². The topological polar surface area (TPSA) is 86.8 Å². The normalized spacial score (nSPS) is 14.7. The number of hydrogen-bond donors (Lipinski definition) is 1. The van der Waals surface area contributed by atoms with E-state index in [2.05, 4.69) is 5.32 Å². The number of carbonyl (C=O) groups is 2. The van der Waals surface area contributed by atoms with Crippen molar-refractivity contribution < 1.29 is 18.0 Å². The van der Waals surface area contributed by atoms with Crippen molar-refractivity contribution in [1.82, 2.24) is 10.2 Å². The molecular formula is C28H36Cl3N3O4S. The van der Waals surface area contributed by atoms with E-state index in [1.54, 1.807) is 48.2 Å². The van der Waals surface area contributed by atoms with E-state index in [4.69, 9.17) is 34.8 Å². The number of amides is 2. The number of nitrogens with zero attached hydrogens (tertiary/aromatic N) is 2. The molecule has 2 aromatic rings. The standard InChI is InChI=1S/C28H36Cl3N3O4S/c1-4-25(28(36)32-21-9-5-6-10-21)33(18-20-14-15-23(30)24(31)17-20)27(35)13-8-16-34(39(3,37)38)26-12-7-11-22(29)19(26)2/h7,11-12,14-15,17,21,25H,4-6,8-10,13,16,18H2,1-3H3,(H,32,36)/t25-/m1/s1. The van der Waals surface area contributed by atoms with Crippen molar-refractivity contribution in [3.8, 4) is 0 Å². The summed E-state index contributed by atoms with van der Waals surface area (Å²) in [7, 11) is -3.62. The fourth-order valence-electron chi connectivity index (χ4n) is 4.97. The van der Waals surface area contributed by atoms with Gasteiger partial charge in [-0.15, -0.1) is 0 Å². The number of anilines is 1. The molecule has 0 aliphatic heterocycles. The van der Waals surface area contributed by atoms with Crippen LogP contribution in [-0.4, -0.2) is 50.0 Å². The Morgan fingerprint density at radius 1 is 1.05 bits per heavy atom. The molecule has 1 saturated carbocycles. The molecule has 1 fully saturated rings. The van der Waals surface area contributed by atoms with Crippen molar-refractivity contribution in [1.29, 1.82) is 0 Å². The minimum atomic E-state index is -3.62. The van der Waals surface area contributed by atoms with Crippen molar-refractivity contribution in [2.75, 3.05) is 17.1 Å². The molecule has 0 bridgehead atoms. The van der Waals surface area contributed by atoms with Crippen LogP contribution in [0.5, 0.6) is 0 Å².